The van der Waals surface area contributed by atoms with Crippen LogP contribution in [0.5, 0.6) is 5.75 Å². The summed E-state index contributed by atoms with van der Waals surface area (Å²) in [6.07, 6.45) is 4.48. The van der Waals surface area contributed by atoms with Crippen molar-refractivity contribution in [3.8, 4) is 5.75 Å². The van der Waals surface area contributed by atoms with Crippen molar-refractivity contribution in [2.24, 2.45) is 0 Å². The summed E-state index contributed by atoms with van der Waals surface area (Å²) >= 11 is 0. The molecule has 0 saturated carbocycles. The second kappa shape index (κ2) is 9.64. The van der Waals surface area contributed by atoms with Crippen LogP contribution in [-0.2, 0) is 11.2 Å². The van der Waals surface area contributed by atoms with Crippen LogP contribution in [-0.4, -0.2) is 68.7 Å². The van der Waals surface area contributed by atoms with Crippen molar-refractivity contribution in [3.63, 3.8) is 0 Å². The van der Waals surface area contributed by atoms with E-state index in [1.165, 1.54) is 0 Å². The number of morpholine rings is 1. The van der Waals surface area contributed by atoms with Crippen molar-refractivity contribution in [3.05, 3.63) is 46.6 Å². The topological polar surface area (TPSA) is 75.4 Å². The Bertz CT molecular complexity index is 935. The number of aliphatic hydroxyl groups is 1. The third-order valence-corrected chi connectivity index (χ3v) is 5.96. The standard InChI is InChI=1S/C23H30N2O5/c1-2-4-19-21(29-14-11-24-8-3-5-17(24)16-26)7-6-18-20(27)15-22(30-23(18)19)25-9-12-28-13-10-25/h2,6-7,15,17,26H,1,3-5,8-14,16H2/t17-/m1/s1. The van der Waals surface area contributed by atoms with E-state index in [0.717, 1.165) is 31.5 Å². The number of ether oxygens (including phenoxy) is 2. The molecule has 4 rings (SSSR count). The fourth-order valence-corrected chi connectivity index (χ4v) is 4.33. The Kier molecular flexibility index (Phi) is 6.72. The van der Waals surface area contributed by atoms with Crippen LogP contribution in [0.1, 0.15) is 18.4 Å². The van der Waals surface area contributed by atoms with E-state index in [9.17, 15) is 9.90 Å². The van der Waals surface area contributed by atoms with Crippen molar-refractivity contribution >= 4 is 16.9 Å². The first-order valence-corrected chi connectivity index (χ1v) is 10.7. The fraction of sp³-hybridized carbons (Fsp3) is 0.522. The molecule has 2 aromatic rings. The molecule has 7 heteroatoms. The molecule has 0 spiro atoms. The average molecular weight is 415 g/mol. The molecule has 2 aliphatic rings. The van der Waals surface area contributed by atoms with Gasteiger partial charge < -0.3 is 23.9 Å². The zero-order valence-corrected chi connectivity index (χ0v) is 17.3. The normalized spacial score (nSPS) is 20.0. The first-order chi connectivity index (χ1) is 14.7. The van der Waals surface area contributed by atoms with E-state index in [1.54, 1.807) is 18.2 Å². The average Bonchev–Trinajstić information content (AvgIpc) is 3.23. The molecule has 2 saturated heterocycles. The number of rotatable bonds is 8. The molecule has 2 fully saturated rings. The molecule has 1 aromatic carbocycles. The highest BCUT2D eigenvalue weighted by Crippen LogP contribution is 2.30. The van der Waals surface area contributed by atoms with Gasteiger partial charge in [-0.2, -0.15) is 0 Å². The van der Waals surface area contributed by atoms with E-state index in [-0.39, 0.29) is 18.1 Å². The maximum Gasteiger partial charge on any atom is 0.200 e. The molecular formula is C23H30N2O5. The van der Waals surface area contributed by atoms with Crippen LogP contribution in [0.2, 0.25) is 0 Å². The predicted octanol–water partition coefficient (Wildman–Crippen LogP) is 2.19. The van der Waals surface area contributed by atoms with Crippen molar-refractivity contribution < 1.29 is 19.0 Å². The number of aliphatic hydroxyl groups excluding tert-OH is 1. The molecule has 0 amide bonds. The smallest absolute Gasteiger partial charge is 0.200 e. The van der Waals surface area contributed by atoms with Gasteiger partial charge >= 0.3 is 0 Å². The maximum atomic E-state index is 12.8. The number of benzene rings is 1. The number of hydrogen-bond acceptors (Lipinski definition) is 7. The van der Waals surface area contributed by atoms with Gasteiger partial charge in [0.25, 0.3) is 0 Å². The van der Waals surface area contributed by atoms with Crippen LogP contribution in [0.25, 0.3) is 11.0 Å². The number of anilines is 1. The van der Waals surface area contributed by atoms with Gasteiger partial charge in [0.05, 0.1) is 25.2 Å². The summed E-state index contributed by atoms with van der Waals surface area (Å²) in [6, 6.07) is 5.42. The minimum Gasteiger partial charge on any atom is -0.492 e. The third kappa shape index (κ3) is 4.38. The van der Waals surface area contributed by atoms with E-state index in [0.29, 0.717) is 61.9 Å². The van der Waals surface area contributed by atoms with Crippen LogP contribution in [0.15, 0.2) is 40.1 Å². The van der Waals surface area contributed by atoms with Crippen molar-refractivity contribution in [1.82, 2.24) is 4.90 Å². The number of allylic oxidation sites excluding steroid dienone is 1. The van der Waals surface area contributed by atoms with Crippen LogP contribution < -0.4 is 15.1 Å². The zero-order chi connectivity index (χ0) is 20.9. The van der Waals surface area contributed by atoms with E-state index < -0.39 is 0 Å². The lowest BCUT2D eigenvalue weighted by atomic mass is 10.1. The number of hydrogen-bond donors (Lipinski definition) is 1. The van der Waals surface area contributed by atoms with Gasteiger partial charge in [-0.3, -0.25) is 9.69 Å². The Morgan fingerprint density at radius 3 is 2.87 bits per heavy atom. The molecular weight excluding hydrogens is 384 g/mol. The largest absolute Gasteiger partial charge is 0.492 e. The predicted molar refractivity (Wildman–Crippen MR) is 117 cm³/mol. The Labute approximate surface area is 176 Å². The summed E-state index contributed by atoms with van der Waals surface area (Å²) in [4.78, 5) is 17.1. The highest BCUT2D eigenvalue weighted by atomic mass is 16.5. The fourth-order valence-electron chi connectivity index (χ4n) is 4.33. The quantitative estimate of drug-likeness (QED) is 0.664. The minimum atomic E-state index is -0.0579. The van der Waals surface area contributed by atoms with E-state index in [4.69, 9.17) is 13.9 Å². The SMILES string of the molecule is C=CCc1c(OCCN2CCC[C@@H]2CO)ccc2c(=O)cc(N3CCOCC3)oc12. The van der Waals surface area contributed by atoms with Gasteiger partial charge in [0.2, 0.25) is 0 Å². The molecule has 1 atom stereocenters. The summed E-state index contributed by atoms with van der Waals surface area (Å²) in [5.74, 6) is 1.28. The number of nitrogens with zero attached hydrogens (tertiary/aromatic N) is 2. The van der Waals surface area contributed by atoms with Gasteiger partial charge in [-0.15, -0.1) is 6.58 Å². The van der Waals surface area contributed by atoms with E-state index in [2.05, 4.69) is 11.5 Å². The van der Waals surface area contributed by atoms with E-state index >= 15 is 0 Å². The van der Waals surface area contributed by atoms with Crippen molar-refractivity contribution in [1.29, 1.82) is 0 Å². The molecule has 0 aliphatic carbocycles. The molecule has 1 aromatic heterocycles. The molecule has 0 bridgehead atoms. The molecule has 7 nitrogen and oxygen atoms in total. The molecule has 0 unspecified atom stereocenters. The van der Waals surface area contributed by atoms with Gasteiger partial charge in [0, 0.05) is 37.3 Å². The zero-order valence-electron chi connectivity index (χ0n) is 17.3. The van der Waals surface area contributed by atoms with Gasteiger partial charge in [-0.1, -0.05) is 6.08 Å². The summed E-state index contributed by atoms with van der Waals surface area (Å²) in [7, 11) is 0. The van der Waals surface area contributed by atoms with Gasteiger partial charge in [-0.25, -0.2) is 0 Å². The molecule has 0 radical (unpaired) electrons. The Balaban J connectivity index is 1.60. The van der Waals surface area contributed by atoms with Crippen molar-refractivity contribution in [2.45, 2.75) is 25.3 Å². The number of fused-ring (bicyclic) bond motifs is 1. The van der Waals surface area contributed by atoms with Crippen LogP contribution >= 0.6 is 0 Å². The lowest BCUT2D eigenvalue weighted by Crippen LogP contribution is -2.36. The summed E-state index contributed by atoms with van der Waals surface area (Å²) < 4.78 is 17.7. The van der Waals surface area contributed by atoms with Gasteiger partial charge in [0.1, 0.15) is 17.9 Å². The Hall–Kier alpha value is -2.35. The summed E-state index contributed by atoms with van der Waals surface area (Å²) in [5, 5.41) is 10.0. The third-order valence-electron chi connectivity index (χ3n) is 5.96. The molecule has 2 aliphatic heterocycles. The Morgan fingerprint density at radius 1 is 1.27 bits per heavy atom. The van der Waals surface area contributed by atoms with E-state index in [1.807, 2.05) is 11.0 Å². The minimum absolute atomic E-state index is 0.0579. The summed E-state index contributed by atoms with van der Waals surface area (Å²) in [6.45, 7) is 8.95. The Morgan fingerprint density at radius 2 is 2.10 bits per heavy atom. The monoisotopic (exact) mass is 414 g/mol. The van der Waals surface area contributed by atoms with Crippen molar-refractivity contribution in [2.75, 3.05) is 57.5 Å². The van der Waals surface area contributed by atoms with Gasteiger partial charge in [-0.05, 0) is 37.9 Å². The lowest BCUT2D eigenvalue weighted by Gasteiger charge is -2.27. The highest BCUT2D eigenvalue weighted by Gasteiger charge is 2.23. The first-order valence-electron chi connectivity index (χ1n) is 10.7. The first kappa shape index (κ1) is 20.9. The lowest BCUT2D eigenvalue weighted by molar-refractivity contribution is 0.121. The molecule has 1 N–H and O–H groups in total. The second-order valence-corrected chi connectivity index (χ2v) is 7.82. The maximum absolute atomic E-state index is 12.8. The van der Waals surface area contributed by atoms with Crippen LogP contribution in [0, 0.1) is 0 Å². The number of likely N-dealkylation sites (tertiary alicyclic amines) is 1. The molecule has 162 valence electrons. The highest BCUT2D eigenvalue weighted by molar-refractivity contribution is 5.83. The summed E-state index contributed by atoms with van der Waals surface area (Å²) in [5.41, 5.74) is 1.35. The van der Waals surface area contributed by atoms with Crippen LogP contribution in [0.3, 0.4) is 0 Å². The molecule has 3 heterocycles. The second-order valence-electron chi connectivity index (χ2n) is 7.82. The van der Waals surface area contributed by atoms with Crippen LogP contribution in [0.4, 0.5) is 5.88 Å². The molecule has 30 heavy (non-hydrogen) atoms. The van der Waals surface area contributed by atoms with Gasteiger partial charge in [0.15, 0.2) is 11.3 Å².